The summed E-state index contributed by atoms with van der Waals surface area (Å²) in [7, 11) is -1.59. The van der Waals surface area contributed by atoms with E-state index in [1.54, 1.807) is 0 Å². The van der Waals surface area contributed by atoms with Gasteiger partial charge in [0.15, 0.2) is 8.32 Å². The zero-order chi connectivity index (χ0) is 29.9. The summed E-state index contributed by atoms with van der Waals surface area (Å²) >= 11 is 0. The summed E-state index contributed by atoms with van der Waals surface area (Å²) in [5.41, 5.74) is 1.67. The summed E-state index contributed by atoms with van der Waals surface area (Å²) in [5.74, 6) is 2.02. The van der Waals surface area contributed by atoms with E-state index in [-0.39, 0.29) is 11.2 Å². The van der Waals surface area contributed by atoms with Gasteiger partial charge in [0.2, 0.25) is 0 Å². The van der Waals surface area contributed by atoms with Gasteiger partial charge >= 0.3 is 0 Å². The van der Waals surface area contributed by atoms with Gasteiger partial charge in [-0.1, -0.05) is 91.1 Å². The van der Waals surface area contributed by atoms with E-state index in [1.165, 1.54) is 75.4 Å². The summed E-state index contributed by atoms with van der Waals surface area (Å²) < 4.78 is 6.31. The fourth-order valence-electron chi connectivity index (χ4n) is 8.75. The average Bonchev–Trinajstić information content (AvgIpc) is 3.18. The highest BCUT2D eigenvalue weighted by Gasteiger charge is 2.58. The zero-order valence-corrected chi connectivity index (χ0v) is 28.5. The summed E-state index contributed by atoms with van der Waals surface area (Å²) in [4.78, 5) is 25.3. The van der Waals surface area contributed by atoms with E-state index in [0.29, 0.717) is 47.8 Å². The van der Waals surface area contributed by atoms with Crippen molar-refractivity contribution in [1.29, 1.82) is 0 Å². The van der Waals surface area contributed by atoms with E-state index in [9.17, 15) is 14.7 Å². The molecule has 4 rings (SSSR count). The van der Waals surface area contributed by atoms with Crippen LogP contribution in [0.2, 0.25) is 18.1 Å². The van der Waals surface area contributed by atoms with E-state index in [1.807, 2.05) is 0 Å². The van der Waals surface area contributed by atoms with E-state index >= 15 is 0 Å². The van der Waals surface area contributed by atoms with Crippen LogP contribution in [0.5, 0.6) is 0 Å². The normalized spacial score (nSPS) is 32.2. The molecule has 0 aromatic rings. The topological polar surface area (TPSA) is 63.6 Å². The average molecular weight is 587 g/mol. The third-order valence-corrected chi connectivity index (χ3v) is 16.8. The Kier molecular flexibility index (Phi) is 10.9. The van der Waals surface area contributed by atoms with Crippen molar-refractivity contribution in [3.8, 4) is 0 Å². The molecule has 0 spiro atoms. The number of ketones is 2. The number of hydrogen-bond donors (Lipinski definition) is 1. The summed E-state index contributed by atoms with van der Waals surface area (Å²) in [6.07, 6.45) is 20.2. The molecule has 4 nitrogen and oxygen atoms in total. The molecule has 3 fully saturated rings. The second-order valence-electron chi connectivity index (χ2n) is 16.1. The molecule has 0 bridgehead atoms. The number of Topliss-reactive ketones (excluding diaryl/α,β-unsaturated/α-hetero) is 2. The molecule has 234 valence electrons. The number of rotatable bonds is 14. The molecule has 0 saturated heterocycles. The monoisotopic (exact) mass is 586 g/mol. The molecule has 1 N–H and O–H groups in total. The molecule has 0 aromatic heterocycles. The maximum absolute atomic E-state index is 13.1. The Labute approximate surface area is 253 Å². The van der Waals surface area contributed by atoms with Crippen molar-refractivity contribution < 1.29 is 19.1 Å². The number of hydrogen-bond acceptors (Lipinski definition) is 4. The molecule has 3 saturated carbocycles. The number of carbonyl (C=O) groups excluding carboxylic acids is 2. The van der Waals surface area contributed by atoms with Gasteiger partial charge in [0, 0.05) is 31.3 Å². The molecule has 0 heterocycles. The van der Waals surface area contributed by atoms with Crippen LogP contribution in [0.4, 0.5) is 0 Å². The van der Waals surface area contributed by atoms with Gasteiger partial charge in [0.25, 0.3) is 0 Å². The summed E-state index contributed by atoms with van der Waals surface area (Å²) in [6.45, 7) is 14.8. The van der Waals surface area contributed by atoms with Crippen molar-refractivity contribution in [2.24, 2.45) is 23.2 Å². The molecule has 5 heteroatoms. The Bertz CT molecular complexity index is 961. The number of fused-ring (bicyclic) bond motifs is 4. The number of carbonyl (C=O) groups is 2. The van der Waals surface area contributed by atoms with Crippen molar-refractivity contribution in [3.63, 3.8) is 0 Å². The Morgan fingerprint density at radius 1 is 0.878 bits per heavy atom. The molecule has 0 aromatic carbocycles. The van der Waals surface area contributed by atoms with Crippen molar-refractivity contribution in [2.45, 2.75) is 173 Å². The fraction of sp³-hybridized carbons (Fsp3) is 0.889. The molecule has 5 atom stereocenters. The van der Waals surface area contributed by atoms with Gasteiger partial charge in [-0.05, 0) is 86.4 Å². The molecule has 4 aliphatic carbocycles. The van der Waals surface area contributed by atoms with Crippen LogP contribution in [0.15, 0.2) is 11.1 Å². The van der Waals surface area contributed by atoms with Gasteiger partial charge in [0.05, 0.1) is 5.60 Å². The second kappa shape index (κ2) is 13.5. The first-order chi connectivity index (χ1) is 19.3. The van der Waals surface area contributed by atoms with Gasteiger partial charge < -0.3 is 9.53 Å². The first-order valence-electron chi connectivity index (χ1n) is 17.4. The first kappa shape index (κ1) is 33.1. The lowest BCUT2D eigenvalue weighted by molar-refractivity contribution is -0.129. The predicted octanol–water partition coefficient (Wildman–Crippen LogP) is 9.50. The minimum atomic E-state index is -1.59. The van der Waals surface area contributed by atoms with Gasteiger partial charge in [-0.15, -0.1) is 0 Å². The van der Waals surface area contributed by atoms with Gasteiger partial charge in [0.1, 0.15) is 11.6 Å². The van der Waals surface area contributed by atoms with Crippen LogP contribution in [0.3, 0.4) is 0 Å². The smallest absolute Gasteiger partial charge is 0.191 e. The maximum Gasteiger partial charge on any atom is 0.191 e. The lowest BCUT2D eigenvalue weighted by Gasteiger charge is -2.53. The van der Waals surface area contributed by atoms with Crippen molar-refractivity contribution >= 4 is 19.9 Å². The number of allylic oxidation sites excluding steroid dienone is 1. The molecule has 0 aliphatic heterocycles. The van der Waals surface area contributed by atoms with Crippen molar-refractivity contribution in [2.75, 3.05) is 6.61 Å². The standard InChI is InChI=1S/C36H62O4Si/c1-34(2,3)41(5,6)40-24-16-14-12-10-8-7-9-11-13-15-17-27-25-35(4)30(20-21-32(35)38)29-22-23-36(39)26-28(37)18-19-31(36)33(27)29/h27,29-30,39H,7-26H2,1-6H3/t27?,29-,30-,35-,36?/m0/s1. The van der Waals surface area contributed by atoms with Crippen LogP contribution in [0.25, 0.3) is 0 Å². The third kappa shape index (κ3) is 7.48. The highest BCUT2D eigenvalue weighted by molar-refractivity contribution is 6.74. The number of aliphatic hydroxyl groups is 1. The largest absolute Gasteiger partial charge is 0.417 e. The molecule has 4 aliphatic rings. The lowest BCUT2D eigenvalue weighted by Crippen LogP contribution is -2.50. The lowest BCUT2D eigenvalue weighted by atomic mass is 9.52. The molecule has 0 radical (unpaired) electrons. The fourth-order valence-corrected chi connectivity index (χ4v) is 9.84. The Hall–Kier alpha value is -0.783. The molecule has 41 heavy (non-hydrogen) atoms. The summed E-state index contributed by atoms with van der Waals surface area (Å²) in [5, 5.41) is 11.9. The second-order valence-corrected chi connectivity index (χ2v) is 21.0. The van der Waals surface area contributed by atoms with E-state index in [2.05, 4.69) is 40.8 Å². The van der Waals surface area contributed by atoms with Crippen LogP contribution in [-0.4, -0.2) is 37.2 Å². The third-order valence-electron chi connectivity index (χ3n) is 12.3. The van der Waals surface area contributed by atoms with Gasteiger partial charge in [-0.25, -0.2) is 0 Å². The van der Waals surface area contributed by atoms with Crippen LogP contribution in [0, 0.1) is 23.2 Å². The van der Waals surface area contributed by atoms with Crippen molar-refractivity contribution in [3.05, 3.63) is 11.1 Å². The van der Waals surface area contributed by atoms with Gasteiger partial charge in [-0.3, -0.25) is 9.59 Å². The van der Waals surface area contributed by atoms with E-state index in [0.717, 1.165) is 45.1 Å². The molecular formula is C36H62O4Si. The number of unbranched alkanes of at least 4 members (excludes halogenated alkanes) is 9. The Morgan fingerprint density at radius 2 is 1.49 bits per heavy atom. The minimum absolute atomic E-state index is 0.170. The SMILES string of the molecule is CC(C)(C)[Si](C)(C)OCCCCCCCCCCCCC1C[C@]2(C)C(=O)CC[C@H]2[C@@H]2CCC3(O)CC(=O)CCC3=C12. The molecule has 0 amide bonds. The zero-order valence-electron chi connectivity index (χ0n) is 27.5. The first-order valence-corrected chi connectivity index (χ1v) is 20.3. The minimum Gasteiger partial charge on any atom is -0.417 e. The van der Waals surface area contributed by atoms with Crippen LogP contribution >= 0.6 is 0 Å². The highest BCUT2D eigenvalue weighted by atomic mass is 28.4. The van der Waals surface area contributed by atoms with Crippen LogP contribution in [0.1, 0.15) is 150 Å². The van der Waals surface area contributed by atoms with Crippen molar-refractivity contribution in [1.82, 2.24) is 0 Å². The molecular weight excluding hydrogens is 524 g/mol. The van der Waals surface area contributed by atoms with Crippen LogP contribution < -0.4 is 0 Å². The van der Waals surface area contributed by atoms with E-state index in [4.69, 9.17) is 4.43 Å². The maximum atomic E-state index is 13.1. The summed E-state index contributed by atoms with van der Waals surface area (Å²) in [6, 6.07) is 0. The van der Waals surface area contributed by atoms with Gasteiger partial charge in [-0.2, -0.15) is 0 Å². The molecule has 2 unspecified atom stereocenters. The Morgan fingerprint density at radius 3 is 2.12 bits per heavy atom. The Balaban J connectivity index is 1.17. The predicted molar refractivity (Wildman–Crippen MR) is 171 cm³/mol. The van der Waals surface area contributed by atoms with Crippen LogP contribution in [-0.2, 0) is 14.0 Å². The van der Waals surface area contributed by atoms with E-state index < -0.39 is 13.9 Å². The highest BCUT2D eigenvalue weighted by Crippen LogP contribution is 2.62. The quantitative estimate of drug-likeness (QED) is 0.125.